The first-order valence-corrected chi connectivity index (χ1v) is 8.02. The first-order valence-electron chi connectivity index (χ1n) is 8.02. The van der Waals surface area contributed by atoms with Crippen molar-refractivity contribution in [1.82, 2.24) is 9.80 Å². The second kappa shape index (κ2) is 6.84. The summed E-state index contributed by atoms with van der Waals surface area (Å²) in [5, 5.41) is 0. The fraction of sp³-hybridized carbons (Fsp3) is 0.316. The standard InChI is InChI=1S/C19H23N3O/c1-21(19(23)16-8-5-9-17(20)12-16)18-10-11-22(14-18)13-15-6-3-2-4-7-15/h2-9,12,18H,10-11,13-14,20H2,1H3. The molecule has 1 unspecified atom stereocenters. The SMILES string of the molecule is CN(C(=O)c1cccc(N)c1)C1CCN(Cc2ccccc2)C1. The molecule has 3 rings (SSSR count). The Balaban J connectivity index is 1.61. The molecule has 0 spiro atoms. The second-order valence-electron chi connectivity index (χ2n) is 6.20. The molecular formula is C19H23N3O. The molecule has 1 fully saturated rings. The van der Waals surface area contributed by atoms with Crippen molar-refractivity contribution in [2.24, 2.45) is 0 Å². The Bertz CT molecular complexity index is 671. The van der Waals surface area contributed by atoms with Crippen LogP contribution >= 0.6 is 0 Å². The molecule has 0 aliphatic carbocycles. The molecule has 1 saturated heterocycles. The van der Waals surface area contributed by atoms with Gasteiger partial charge in [0.05, 0.1) is 0 Å². The molecule has 1 aliphatic rings. The van der Waals surface area contributed by atoms with E-state index in [1.807, 2.05) is 30.1 Å². The third-order valence-corrected chi connectivity index (χ3v) is 4.50. The van der Waals surface area contributed by atoms with Crippen molar-refractivity contribution in [3.05, 3.63) is 65.7 Å². The van der Waals surface area contributed by atoms with E-state index < -0.39 is 0 Å². The molecule has 0 radical (unpaired) electrons. The van der Waals surface area contributed by atoms with Gasteiger partial charge in [0, 0.05) is 44.0 Å². The Hall–Kier alpha value is -2.33. The molecule has 23 heavy (non-hydrogen) atoms. The molecule has 120 valence electrons. The van der Waals surface area contributed by atoms with Crippen LogP contribution in [0.15, 0.2) is 54.6 Å². The topological polar surface area (TPSA) is 49.6 Å². The lowest BCUT2D eigenvalue weighted by Crippen LogP contribution is -2.39. The zero-order valence-corrected chi connectivity index (χ0v) is 13.5. The summed E-state index contributed by atoms with van der Waals surface area (Å²) in [5.41, 5.74) is 8.38. The zero-order valence-electron chi connectivity index (χ0n) is 13.5. The molecule has 2 aromatic rings. The highest BCUT2D eigenvalue weighted by atomic mass is 16.2. The van der Waals surface area contributed by atoms with Gasteiger partial charge in [-0.1, -0.05) is 36.4 Å². The van der Waals surface area contributed by atoms with Crippen molar-refractivity contribution in [3.63, 3.8) is 0 Å². The van der Waals surface area contributed by atoms with Gasteiger partial charge in [0.25, 0.3) is 5.91 Å². The van der Waals surface area contributed by atoms with Gasteiger partial charge in [0.2, 0.25) is 0 Å². The van der Waals surface area contributed by atoms with Crippen LogP contribution in [-0.2, 0) is 6.54 Å². The van der Waals surface area contributed by atoms with Gasteiger partial charge in [-0.15, -0.1) is 0 Å². The van der Waals surface area contributed by atoms with Gasteiger partial charge in [-0.3, -0.25) is 9.69 Å². The predicted molar refractivity (Wildman–Crippen MR) is 93.1 cm³/mol. The number of amides is 1. The molecular weight excluding hydrogens is 286 g/mol. The van der Waals surface area contributed by atoms with E-state index in [1.54, 1.807) is 12.1 Å². The van der Waals surface area contributed by atoms with Gasteiger partial charge in [-0.25, -0.2) is 0 Å². The van der Waals surface area contributed by atoms with Gasteiger partial charge < -0.3 is 10.6 Å². The maximum Gasteiger partial charge on any atom is 0.253 e. The first-order chi connectivity index (χ1) is 11.1. The summed E-state index contributed by atoms with van der Waals surface area (Å²) in [4.78, 5) is 16.9. The highest BCUT2D eigenvalue weighted by molar-refractivity contribution is 5.95. The summed E-state index contributed by atoms with van der Waals surface area (Å²) in [5.74, 6) is 0.0452. The number of hydrogen-bond donors (Lipinski definition) is 1. The molecule has 1 aliphatic heterocycles. The first kappa shape index (κ1) is 15.6. The molecule has 0 bridgehead atoms. The monoisotopic (exact) mass is 309 g/mol. The lowest BCUT2D eigenvalue weighted by atomic mass is 10.1. The predicted octanol–water partition coefficient (Wildman–Crippen LogP) is 2.62. The highest BCUT2D eigenvalue weighted by Crippen LogP contribution is 2.19. The van der Waals surface area contributed by atoms with E-state index in [4.69, 9.17) is 5.73 Å². The normalized spacial score (nSPS) is 18.0. The maximum atomic E-state index is 12.6. The number of anilines is 1. The van der Waals surface area contributed by atoms with Crippen LogP contribution in [0.3, 0.4) is 0 Å². The fourth-order valence-electron chi connectivity index (χ4n) is 3.15. The average molecular weight is 309 g/mol. The molecule has 2 N–H and O–H groups in total. The van der Waals surface area contributed by atoms with Gasteiger partial charge >= 0.3 is 0 Å². The van der Waals surface area contributed by atoms with E-state index in [-0.39, 0.29) is 11.9 Å². The lowest BCUT2D eigenvalue weighted by molar-refractivity contribution is 0.0735. The summed E-state index contributed by atoms with van der Waals surface area (Å²) in [6.07, 6.45) is 1.01. The Kier molecular flexibility index (Phi) is 4.63. The van der Waals surface area contributed by atoms with Crippen molar-refractivity contribution in [2.45, 2.75) is 19.0 Å². The fourth-order valence-corrected chi connectivity index (χ4v) is 3.15. The minimum Gasteiger partial charge on any atom is -0.399 e. The number of carbonyl (C=O) groups is 1. The number of nitrogens with two attached hydrogens (primary N) is 1. The molecule has 1 atom stereocenters. The molecule has 1 amide bonds. The van der Waals surface area contributed by atoms with E-state index >= 15 is 0 Å². The van der Waals surface area contributed by atoms with Crippen LogP contribution < -0.4 is 5.73 Å². The van der Waals surface area contributed by atoms with Crippen LogP contribution in [0.5, 0.6) is 0 Å². The number of benzene rings is 2. The van der Waals surface area contributed by atoms with Crippen molar-refractivity contribution < 1.29 is 4.79 Å². The van der Waals surface area contributed by atoms with E-state index in [0.717, 1.165) is 26.1 Å². The molecule has 1 heterocycles. The molecule has 4 heteroatoms. The summed E-state index contributed by atoms with van der Waals surface area (Å²) >= 11 is 0. The Labute approximate surface area is 137 Å². The third-order valence-electron chi connectivity index (χ3n) is 4.50. The van der Waals surface area contributed by atoms with Crippen LogP contribution in [0.2, 0.25) is 0 Å². The van der Waals surface area contributed by atoms with Crippen molar-refractivity contribution >= 4 is 11.6 Å². The number of likely N-dealkylation sites (tertiary alicyclic amines) is 1. The number of carbonyl (C=O) groups excluding carboxylic acids is 1. The highest BCUT2D eigenvalue weighted by Gasteiger charge is 2.28. The van der Waals surface area contributed by atoms with Crippen LogP contribution in [0.25, 0.3) is 0 Å². The number of rotatable bonds is 4. The minimum absolute atomic E-state index is 0.0452. The van der Waals surface area contributed by atoms with Gasteiger partial charge in [-0.05, 0) is 30.2 Å². The Morgan fingerprint density at radius 1 is 1.22 bits per heavy atom. The van der Waals surface area contributed by atoms with Crippen LogP contribution in [0.4, 0.5) is 5.69 Å². The summed E-state index contributed by atoms with van der Waals surface area (Å²) < 4.78 is 0. The summed E-state index contributed by atoms with van der Waals surface area (Å²) in [7, 11) is 1.89. The van der Waals surface area contributed by atoms with E-state index in [2.05, 4.69) is 29.2 Å². The molecule has 0 saturated carbocycles. The minimum atomic E-state index is 0.0452. The summed E-state index contributed by atoms with van der Waals surface area (Å²) in [6, 6.07) is 17.9. The van der Waals surface area contributed by atoms with Gasteiger partial charge in [-0.2, -0.15) is 0 Å². The largest absolute Gasteiger partial charge is 0.399 e. The van der Waals surface area contributed by atoms with Gasteiger partial charge in [0.1, 0.15) is 0 Å². The lowest BCUT2D eigenvalue weighted by Gasteiger charge is -2.25. The smallest absolute Gasteiger partial charge is 0.253 e. The van der Waals surface area contributed by atoms with Crippen molar-refractivity contribution in [1.29, 1.82) is 0 Å². The van der Waals surface area contributed by atoms with Crippen molar-refractivity contribution in [3.8, 4) is 0 Å². The zero-order chi connectivity index (χ0) is 16.2. The number of nitrogen functional groups attached to an aromatic ring is 1. The average Bonchev–Trinajstić information content (AvgIpc) is 3.03. The number of likely N-dealkylation sites (N-methyl/N-ethyl adjacent to an activating group) is 1. The Morgan fingerprint density at radius 2 is 2.00 bits per heavy atom. The molecule has 4 nitrogen and oxygen atoms in total. The number of nitrogens with zero attached hydrogens (tertiary/aromatic N) is 2. The molecule has 2 aromatic carbocycles. The Morgan fingerprint density at radius 3 is 2.74 bits per heavy atom. The summed E-state index contributed by atoms with van der Waals surface area (Å²) in [6.45, 7) is 2.88. The third kappa shape index (κ3) is 3.71. The van der Waals surface area contributed by atoms with Crippen LogP contribution in [0, 0.1) is 0 Å². The molecule has 0 aromatic heterocycles. The quantitative estimate of drug-likeness (QED) is 0.883. The second-order valence-corrected chi connectivity index (χ2v) is 6.20. The van der Waals surface area contributed by atoms with E-state index in [0.29, 0.717) is 11.3 Å². The van der Waals surface area contributed by atoms with Gasteiger partial charge in [0.15, 0.2) is 0 Å². The number of hydrogen-bond acceptors (Lipinski definition) is 3. The maximum absolute atomic E-state index is 12.6. The van der Waals surface area contributed by atoms with Crippen LogP contribution in [0.1, 0.15) is 22.3 Å². The van der Waals surface area contributed by atoms with E-state index in [9.17, 15) is 4.79 Å². The van der Waals surface area contributed by atoms with Crippen LogP contribution in [-0.4, -0.2) is 41.9 Å². The van der Waals surface area contributed by atoms with Crippen molar-refractivity contribution in [2.75, 3.05) is 25.9 Å². The van der Waals surface area contributed by atoms with E-state index in [1.165, 1.54) is 5.56 Å².